The van der Waals surface area contributed by atoms with Crippen molar-refractivity contribution in [1.29, 1.82) is 0 Å². The summed E-state index contributed by atoms with van der Waals surface area (Å²) in [5, 5.41) is 0. The first kappa shape index (κ1) is 38.4. The summed E-state index contributed by atoms with van der Waals surface area (Å²) >= 11 is 14.8. The minimum Gasteiger partial charge on any atom is -0.378 e. The summed E-state index contributed by atoms with van der Waals surface area (Å²) in [6.07, 6.45) is 35.0. The summed E-state index contributed by atoms with van der Waals surface area (Å²) in [6, 6.07) is 0. The lowest BCUT2D eigenvalue weighted by Gasteiger charge is -2.67. The first-order valence-electron chi connectivity index (χ1n) is 21.0. The standard InChI is InChI=1S/C42H72Cl2O3/c1-3-5-7-9-11-13-31-46-37-19-15-33(16-20-37)35-23-27-40(28-24-35)39(45)41(42(40,43)44)29-25-36(26-30-41)34-17-21-38(22-18-34)47-32-14-12-10-8-6-4-2/h33-38H,3-32H2,1-2H3/t33-,34-,35?,36?,37-,38-,40?,41?. The number of rotatable bonds is 18. The molecular formula is C42H72Cl2O3. The van der Waals surface area contributed by atoms with Crippen LogP contribution in [-0.4, -0.2) is 35.5 Å². The summed E-state index contributed by atoms with van der Waals surface area (Å²) in [4.78, 5) is 14.2. The molecule has 0 radical (unpaired) electrons. The van der Waals surface area contributed by atoms with Gasteiger partial charge in [0.2, 0.25) is 0 Å². The van der Waals surface area contributed by atoms with Gasteiger partial charge in [0.25, 0.3) is 0 Å². The number of alkyl halides is 2. The van der Waals surface area contributed by atoms with Gasteiger partial charge in [-0.15, -0.1) is 0 Å². The van der Waals surface area contributed by atoms with E-state index < -0.39 is 15.2 Å². The van der Waals surface area contributed by atoms with E-state index in [1.807, 2.05) is 0 Å². The molecule has 272 valence electrons. The topological polar surface area (TPSA) is 35.5 Å². The smallest absolute Gasteiger partial charge is 0.151 e. The number of halogens is 2. The van der Waals surface area contributed by atoms with Gasteiger partial charge in [-0.25, -0.2) is 0 Å². The van der Waals surface area contributed by atoms with Crippen molar-refractivity contribution >= 4 is 29.0 Å². The fraction of sp³-hybridized carbons (Fsp3) is 0.976. The molecule has 0 bridgehead atoms. The van der Waals surface area contributed by atoms with Gasteiger partial charge in [-0.05, 0) is 139 Å². The second-order valence-electron chi connectivity index (χ2n) is 17.1. The number of carbonyl (C=O) groups excluding carboxylic acids is 1. The molecule has 0 heterocycles. The van der Waals surface area contributed by atoms with Crippen LogP contribution in [0.25, 0.3) is 0 Å². The van der Waals surface area contributed by atoms with E-state index in [0.29, 0.717) is 18.0 Å². The Morgan fingerprint density at radius 1 is 0.489 bits per heavy atom. The molecule has 0 amide bonds. The average Bonchev–Trinajstić information content (AvgIpc) is 3.11. The quantitative estimate of drug-likeness (QED) is 0.106. The molecule has 0 aliphatic heterocycles. The van der Waals surface area contributed by atoms with Crippen LogP contribution in [0.5, 0.6) is 0 Å². The first-order chi connectivity index (χ1) is 22.9. The highest BCUT2D eigenvalue weighted by molar-refractivity contribution is 6.55. The molecule has 0 saturated heterocycles. The number of ketones is 1. The third kappa shape index (κ3) is 8.98. The van der Waals surface area contributed by atoms with Crippen molar-refractivity contribution in [1.82, 2.24) is 0 Å². The van der Waals surface area contributed by atoms with Crippen LogP contribution >= 0.6 is 23.2 Å². The van der Waals surface area contributed by atoms with Gasteiger partial charge in [-0.3, -0.25) is 4.79 Å². The van der Waals surface area contributed by atoms with Gasteiger partial charge in [-0.1, -0.05) is 101 Å². The van der Waals surface area contributed by atoms with Crippen molar-refractivity contribution in [3.63, 3.8) is 0 Å². The Hall–Kier alpha value is 0.170. The van der Waals surface area contributed by atoms with E-state index in [1.54, 1.807) is 0 Å². The zero-order valence-electron chi connectivity index (χ0n) is 30.7. The van der Waals surface area contributed by atoms with E-state index in [1.165, 1.54) is 128 Å². The van der Waals surface area contributed by atoms with Gasteiger partial charge >= 0.3 is 0 Å². The number of unbranched alkanes of at least 4 members (excludes halogenated alkanes) is 10. The number of hydrogen-bond donors (Lipinski definition) is 0. The SMILES string of the molecule is CCCCCCCCO[C@H]1CC[C@H](C2CCC3(CC2)C(=O)C2(CCC([C@H]4CC[C@H](OCCCCCCCC)CC4)CC2)C3(Cl)Cl)CC1. The van der Waals surface area contributed by atoms with Crippen molar-refractivity contribution in [2.45, 2.75) is 210 Å². The van der Waals surface area contributed by atoms with Crippen molar-refractivity contribution in [2.24, 2.45) is 34.5 Å². The fourth-order valence-corrected chi connectivity index (χ4v) is 12.2. The minimum atomic E-state index is -0.878. The molecule has 0 atom stereocenters. The molecule has 5 rings (SSSR count). The fourth-order valence-electron chi connectivity index (χ4n) is 11.1. The van der Waals surface area contributed by atoms with Gasteiger partial charge < -0.3 is 9.47 Å². The molecule has 2 spiro atoms. The molecule has 5 aliphatic carbocycles. The van der Waals surface area contributed by atoms with E-state index in [4.69, 9.17) is 32.7 Å². The van der Waals surface area contributed by atoms with Gasteiger partial charge in [0.15, 0.2) is 5.78 Å². The zero-order chi connectivity index (χ0) is 33.2. The van der Waals surface area contributed by atoms with E-state index in [-0.39, 0.29) is 0 Å². The Balaban J connectivity index is 0.977. The molecule has 0 N–H and O–H groups in total. The highest BCUT2D eigenvalue weighted by Gasteiger charge is 2.79. The summed E-state index contributed by atoms with van der Waals surface area (Å²) < 4.78 is 11.7. The molecule has 0 aromatic carbocycles. The van der Waals surface area contributed by atoms with E-state index >= 15 is 0 Å². The van der Waals surface area contributed by atoms with Crippen molar-refractivity contribution in [3.8, 4) is 0 Å². The summed E-state index contributed by atoms with van der Waals surface area (Å²) in [6.45, 7) is 6.45. The predicted molar refractivity (Wildman–Crippen MR) is 198 cm³/mol. The second-order valence-corrected chi connectivity index (χ2v) is 18.4. The minimum absolute atomic E-state index is 0.450. The zero-order valence-corrected chi connectivity index (χ0v) is 32.2. The Morgan fingerprint density at radius 2 is 0.809 bits per heavy atom. The van der Waals surface area contributed by atoms with Crippen LogP contribution in [0.1, 0.15) is 194 Å². The van der Waals surface area contributed by atoms with Crippen LogP contribution in [0.15, 0.2) is 0 Å². The Kier molecular flexibility index (Phi) is 15.2. The van der Waals surface area contributed by atoms with Crippen LogP contribution in [0.3, 0.4) is 0 Å². The first-order valence-corrected chi connectivity index (χ1v) is 21.8. The monoisotopic (exact) mass is 694 g/mol. The lowest BCUT2D eigenvalue weighted by Crippen LogP contribution is -2.74. The van der Waals surface area contributed by atoms with Crippen LogP contribution in [0.2, 0.25) is 0 Å². The normalized spacial score (nSPS) is 37.3. The number of hydrogen-bond acceptors (Lipinski definition) is 3. The van der Waals surface area contributed by atoms with Crippen LogP contribution in [0, 0.1) is 34.5 Å². The third-order valence-corrected chi connectivity index (χ3v) is 15.8. The van der Waals surface area contributed by atoms with Gasteiger partial charge in [0, 0.05) is 13.2 Å². The molecule has 0 unspecified atom stereocenters. The van der Waals surface area contributed by atoms with Crippen LogP contribution < -0.4 is 0 Å². The van der Waals surface area contributed by atoms with E-state index in [2.05, 4.69) is 13.8 Å². The third-order valence-electron chi connectivity index (χ3n) is 14.3. The maximum absolute atomic E-state index is 14.2. The molecular weight excluding hydrogens is 623 g/mol. The van der Waals surface area contributed by atoms with Crippen LogP contribution in [0.4, 0.5) is 0 Å². The Morgan fingerprint density at radius 3 is 1.15 bits per heavy atom. The number of Topliss-reactive ketones (excluding diaryl/α,β-unsaturated/α-hetero) is 1. The van der Waals surface area contributed by atoms with Crippen molar-refractivity contribution in [2.75, 3.05) is 13.2 Å². The average molecular weight is 696 g/mol. The molecule has 5 fully saturated rings. The lowest BCUT2D eigenvalue weighted by molar-refractivity contribution is -0.173. The number of ether oxygens (including phenoxy) is 2. The second kappa shape index (κ2) is 18.6. The highest BCUT2D eigenvalue weighted by atomic mass is 35.5. The van der Waals surface area contributed by atoms with Crippen molar-refractivity contribution in [3.05, 3.63) is 0 Å². The van der Waals surface area contributed by atoms with Gasteiger partial charge in [0.05, 0.1) is 23.0 Å². The van der Waals surface area contributed by atoms with Crippen LogP contribution in [-0.2, 0) is 14.3 Å². The predicted octanol–water partition coefficient (Wildman–Crippen LogP) is 13.0. The largest absolute Gasteiger partial charge is 0.378 e. The molecule has 3 nitrogen and oxygen atoms in total. The summed E-state index contributed by atoms with van der Waals surface area (Å²) in [7, 11) is 0. The van der Waals surface area contributed by atoms with E-state index in [9.17, 15) is 4.79 Å². The van der Waals surface area contributed by atoms with Gasteiger partial charge in [0.1, 0.15) is 4.33 Å². The molecule has 0 aromatic heterocycles. The maximum atomic E-state index is 14.2. The van der Waals surface area contributed by atoms with Crippen molar-refractivity contribution < 1.29 is 14.3 Å². The van der Waals surface area contributed by atoms with Gasteiger partial charge in [-0.2, -0.15) is 0 Å². The molecule has 5 heteroatoms. The highest BCUT2D eigenvalue weighted by Crippen LogP contribution is 2.75. The Labute approximate surface area is 300 Å². The summed E-state index contributed by atoms with van der Waals surface area (Å²) in [5.74, 6) is 3.49. The molecule has 47 heavy (non-hydrogen) atoms. The molecule has 0 aromatic rings. The molecule has 5 aliphatic rings. The number of carbonyl (C=O) groups is 1. The Bertz CT molecular complexity index is 833. The summed E-state index contributed by atoms with van der Waals surface area (Å²) in [5.41, 5.74) is -0.968. The lowest BCUT2D eigenvalue weighted by atomic mass is 9.41. The maximum Gasteiger partial charge on any atom is 0.151 e. The molecule has 5 saturated carbocycles. The van der Waals surface area contributed by atoms with E-state index in [0.717, 1.165) is 88.3 Å².